The first-order chi connectivity index (χ1) is 16.4. The zero-order chi connectivity index (χ0) is 24.1. The van der Waals surface area contributed by atoms with E-state index >= 15 is 0 Å². The molecular weight excluding hydrogens is 473 g/mol. The number of aromatic nitrogens is 4. The molecule has 1 atom stereocenters. The van der Waals surface area contributed by atoms with E-state index in [2.05, 4.69) is 20.5 Å². The van der Waals surface area contributed by atoms with Crippen molar-refractivity contribution in [1.82, 2.24) is 19.7 Å². The van der Waals surface area contributed by atoms with Crippen molar-refractivity contribution in [3.8, 4) is 17.0 Å². The highest BCUT2D eigenvalue weighted by Crippen LogP contribution is 2.27. The summed E-state index contributed by atoms with van der Waals surface area (Å²) < 4.78 is 20.9. The predicted molar refractivity (Wildman–Crippen MR) is 133 cm³/mol. The number of carbonyl (C=O) groups excluding carboxylic acids is 1. The van der Waals surface area contributed by atoms with Crippen molar-refractivity contribution in [2.24, 2.45) is 0 Å². The van der Waals surface area contributed by atoms with Gasteiger partial charge in [-0.3, -0.25) is 4.79 Å². The van der Waals surface area contributed by atoms with Gasteiger partial charge in [0.15, 0.2) is 22.2 Å². The van der Waals surface area contributed by atoms with Gasteiger partial charge >= 0.3 is 0 Å². The van der Waals surface area contributed by atoms with E-state index in [0.717, 1.165) is 11.3 Å². The van der Waals surface area contributed by atoms with E-state index < -0.39 is 6.10 Å². The summed E-state index contributed by atoms with van der Waals surface area (Å²) in [5.41, 5.74) is 3.03. The molecule has 34 heavy (non-hydrogen) atoms. The van der Waals surface area contributed by atoms with Gasteiger partial charge in [0.1, 0.15) is 11.6 Å². The van der Waals surface area contributed by atoms with Crippen LogP contribution in [0.5, 0.6) is 5.75 Å². The molecule has 2 heterocycles. The summed E-state index contributed by atoms with van der Waals surface area (Å²) in [6.45, 7) is 6.49. The minimum atomic E-state index is -0.392. The number of anilines is 1. The van der Waals surface area contributed by atoms with E-state index in [0.29, 0.717) is 28.4 Å². The first kappa shape index (κ1) is 23.9. The fourth-order valence-corrected chi connectivity index (χ4v) is 4.79. The van der Waals surface area contributed by atoms with Crippen molar-refractivity contribution in [2.75, 3.05) is 11.1 Å². The highest BCUT2D eigenvalue weighted by Gasteiger charge is 2.20. The summed E-state index contributed by atoms with van der Waals surface area (Å²) in [5.74, 6) is 0.861. The van der Waals surface area contributed by atoms with Crippen LogP contribution in [0.15, 0.2) is 59.1 Å². The monoisotopic (exact) mass is 497 g/mol. The Morgan fingerprint density at radius 2 is 1.91 bits per heavy atom. The average Bonchev–Trinajstić information content (AvgIpc) is 3.46. The highest BCUT2D eigenvalue weighted by molar-refractivity contribution is 7.99. The molecule has 0 aliphatic heterocycles. The van der Waals surface area contributed by atoms with Crippen LogP contribution in [0.25, 0.3) is 11.3 Å². The van der Waals surface area contributed by atoms with Gasteiger partial charge in [-0.15, -0.1) is 21.5 Å². The number of halogens is 1. The smallest absolute Gasteiger partial charge is 0.236 e. The molecule has 2 aromatic heterocycles. The fourth-order valence-electron chi connectivity index (χ4n) is 3.25. The number of carbonyl (C=O) groups is 1. The summed E-state index contributed by atoms with van der Waals surface area (Å²) in [6, 6.07) is 13.9. The molecule has 0 aliphatic carbocycles. The van der Waals surface area contributed by atoms with Crippen LogP contribution in [0, 0.1) is 12.7 Å². The molecule has 1 amide bonds. The SMILES string of the molecule is CCn1c(SCC(=O)Nc2nc(-c3ccc(C)cc3)cs2)nnc1C(C)Oc1ccc(F)cc1. The summed E-state index contributed by atoms with van der Waals surface area (Å²) in [7, 11) is 0. The van der Waals surface area contributed by atoms with Crippen LogP contribution in [0.2, 0.25) is 0 Å². The molecule has 0 aliphatic rings. The second kappa shape index (κ2) is 10.8. The first-order valence-electron chi connectivity index (χ1n) is 10.7. The number of thiazole rings is 1. The number of hydrogen-bond acceptors (Lipinski definition) is 7. The maximum absolute atomic E-state index is 13.1. The molecule has 176 valence electrons. The Bertz CT molecular complexity index is 1260. The average molecular weight is 498 g/mol. The van der Waals surface area contributed by atoms with Crippen molar-refractivity contribution < 1.29 is 13.9 Å². The van der Waals surface area contributed by atoms with E-state index in [1.807, 2.05) is 55.0 Å². The Labute approximate surface area is 205 Å². The molecule has 1 N–H and O–H groups in total. The zero-order valence-electron chi connectivity index (χ0n) is 19.0. The van der Waals surface area contributed by atoms with Gasteiger partial charge in [-0.05, 0) is 45.0 Å². The summed E-state index contributed by atoms with van der Waals surface area (Å²) in [5, 5.41) is 14.5. The number of rotatable bonds is 9. The van der Waals surface area contributed by atoms with E-state index in [1.165, 1.54) is 40.8 Å². The van der Waals surface area contributed by atoms with Gasteiger partial charge in [-0.2, -0.15) is 0 Å². The molecule has 0 saturated carbocycles. The molecule has 0 fully saturated rings. The third kappa shape index (κ3) is 5.81. The molecule has 0 radical (unpaired) electrons. The van der Waals surface area contributed by atoms with Crippen molar-refractivity contribution in [3.63, 3.8) is 0 Å². The number of nitrogens with one attached hydrogen (secondary N) is 1. The number of amides is 1. The van der Waals surface area contributed by atoms with Gasteiger partial charge in [0, 0.05) is 17.5 Å². The Morgan fingerprint density at radius 1 is 1.18 bits per heavy atom. The van der Waals surface area contributed by atoms with Gasteiger partial charge in [-0.1, -0.05) is 41.6 Å². The lowest BCUT2D eigenvalue weighted by Crippen LogP contribution is -2.15. The van der Waals surface area contributed by atoms with E-state index in [1.54, 1.807) is 12.1 Å². The molecule has 0 saturated heterocycles. The maximum Gasteiger partial charge on any atom is 0.236 e. The Hall–Kier alpha value is -3.24. The third-order valence-electron chi connectivity index (χ3n) is 4.98. The van der Waals surface area contributed by atoms with Crippen LogP contribution in [-0.4, -0.2) is 31.4 Å². The number of benzene rings is 2. The number of aryl methyl sites for hydroxylation is 1. The molecule has 7 nitrogen and oxygen atoms in total. The molecule has 4 aromatic rings. The van der Waals surface area contributed by atoms with Crippen molar-refractivity contribution >= 4 is 34.1 Å². The number of nitrogens with zero attached hydrogens (tertiary/aromatic N) is 4. The fraction of sp³-hybridized carbons (Fsp3) is 0.250. The number of hydrogen-bond donors (Lipinski definition) is 1. The molecule has 2 aromatic carbocycles. The van der Waals surface area contributed by atoms with Crippen LogP contribution in [0.4, 0.5) is 9.52 Å². The van der Waals surface area contributed by atoms with Crippen molar-refractivity contribution in [3.05, 3.63) is 71.1 Å². The Morgan fingerprint density at radius 3 is 2.62 bits per heavy atom. The molecule has 0 spiro atoms. The molecule has 1 unspecified atom stereocenters. The molecule has 0 bridgehead atoms. The maximum atomic E-state index is 13.1. The topological polar surface area (TPSA) is 81.9 Å². The van der Waals surface area contributed by atoms with Crippen LogP contribution < -0.4 is 10.1 Å². The van der Waals surface area contributed by atoms with Crippen LogP contribution in [0.1, 0.15) is 31.3 Å². The van der Waals surface area contributed by atoms with Gasteiger partial charge in [-0.25, -0.2) is 9.37 Å². The summed E-state index contributed by atoms with van der Waals surface area (Å²) >= 11 is 2.69. The second-order valence-corrected chi connectivity index (χ2v) is 9.34. The largest absolute Gasteiger partial charge is 0.483 e. The normalized spacial score (nSPS) is 11.9. The highest BCUT2D eigenvalue weighted by atomic mass is 32.2. The Balaban J connectivity index is 1.35. The van der Waals surface area contributed by atoms with Crippen LogP contribution in [0.3, 0.4) is 0 Å². The molecule has 4 rings (SSSR count). The van der Waals surface area contributed by atoms with Gasteiger partial charge in [0.2, 0.25) is 5.91 Å². The van der Waals surface area contributed by atoms with Crippen LogP contribution >= 0.6 is 23.1 Å². The van der Waals surface area contributed by atoms with Crippen LogP contribution in [-0.2, 0) is 11.3 Å². The lowest BCUT2D eigenvalue weighted by atomic mass is 10.1. The number of thioether (sulfide) groups is 1. The van der Waals surface area contributed by atoms with E-state index in [-0.39, 0.29) is 17.5 Å². The van der Waals surface area contributed by atoms with Crippen molar-refractivity contribution in [2.45, 2.75) is 38.6 Å². The number of ether oxygens (including phenoxy) is 1. The molecular formula is C24H24FN5O2S2. The van der Waals surface area contributed by atoms with Gasteiger partial charge in [0.25, 0.3) is 0 Å². The van der Waals surface area contributed by atoms with Gasteiger partial charge in [0.05, 0.1) is 11.4 Å². The lowest BCUT2D eigenvalue weighted by Gasteiger charge is -2.15. The Kier molecular flexibility index (Phi) is 7.59. The molecule has 10 heteroatoms. The third-order valence-corrected chi connectivity index (χ3v) is 6.71. The van der Waals surface area contributed by atoms with E-state index in [4.69, 9.17) is 4.74 Å². The zero-order valence-corrected chi connectivity index (χ0v) is 20.6. The predicted octanol–water partition coefficient (Wildman–Crippen LogP) is 5.74. The minimum absolute atomic E-state index is 0.169. The van der Waals surface area contributed by atoms with E-state index in [9.17, 15) is 9.18 Å². The van der Waals surface area contributed by atoms with Gasteiger partial charge < -0.3 is 14.6 Å². The minimum Gasteiger partial charge on any atom is -0.483 e. The second-order valence-electron chi connectivity index (χ2n) is 7.54. The standard InChI is InChI=1S/C24H24FN5O2S2/c1-4-30-22(16(3)32-19-11-9-18(25)10-12-19)28-29-24(30)34-14-21(31)27-23-26-20(13-33-23)17-7-5-15(2)6-8-17/h5-13,16H,4,14H2,1-3H3,(H,26,27,31). The summed E-state index contributed by atoms with van der Waals surface area (Å²) in [6.07, 6.45) is -0.392. The lowest BCUT2D eigenvalue weighted by molar-refractivity contribution is -0.113. The van der Waals surface area contributed by atoms with Crippen molar-refractivity contribution in [1.29, 1.82) is 0 Å². The quantitative estimate of drug-likeness (QED) is 0.297. The first-order valence-corrected chi connectivity index (χ1v) is 12.6. The summed E-state index contributed by atoms with van der Waals surface area (Å²) in [4.78, 5) is 17.0.